The second-order valence-corrected chi connectivity index (χ2v) is 6.56. The average Bonchev–Trinajstić information content (AvgIpc) is 3.30. The van der Waals surface area contributed by atoms with Crippen molar-refractivity contribution in [2.45, 2.75) is 12.8 Å². The molecule has 3 heterocycles. The van der Waals surface area contributed by atoms with Gasteiger partial charge in [0.15, 0.2) is 5.65 Å². The lowest BCUT2D eigenvalue weighted by Gasteiger charge is -2.21. The number of aryl methyl sites for hydroxylation is 2. The zero-order chi connectivity index (χ0) is 18.8. The summed E-state index contributed by atoms with van der Waals surface area (Å²) in [7, 11) is 4.02. The largest absolute Gasteiger partial charge is 0.359 e. The van der Waals surface area contributed by atoms with Crippen molar-refractivity contribution in [2.75, 3.05) is 18.5 Å². The SMILES string of the molecule is CN(CCCc1nccn1C)c1cc(-c2ccccc2F)nc2ccnn12. The van der Waals surface area contributed by atoms with E-state index in [2.05, 4.69) is 20.0 Å². The molecule has 0 bridgehead atoms. The van der Waals surface area contributed by atoms with Gasteiger partial charge in [0, 0.05) is 57.2 Å². The minimum absolute atomic E-state index is 0.280. The fourth-order valence-electron chi connectivity index (χ4n) is 3.20. The number of fused-ring (bicyclic) bond motifs is 1. The van der Waals surface area contributed by atoms with Gasteiger partial charge in [0.25, 0.3) is 0 Å². The number of halogens is 1. The van der Waals surface area contributed by atoms with Crippen molar-refractivity contribution in [1.82, 2.24) is 24.1 Å². The number of benzene rings is 1. The van der Waals surface area contributed by atoms with Crippen LogP contribution < -0.4 is 4.90 Å². The number of imidazole rings is 1. The highest BCUT2D eigenvalue weighted by Crippen LogP contribution is 2.26. The number of hydrogen-bond acceptors (Lipinski definition) is 4. The topological polar surface area (TPSA) is 51.2 Å². The molecule has 0 atom stereocenters. The van der Waals surface area contributed by atoms with Crippen molar-refractivity contribution >= 4 is 11.5 Å². The number of anilines is 1. The van der Waals surface area contributed by atoms with Gasteiger partial charge in [-0.1, -0.05) is 12.1 Å². The number of nitrogens with zero attached hydrogens (tertiary/aromatic N) is 6. The Kier molecular flexibility index (Phi) is 4.58. The maximum atomic E-state index is 14.2. The Hall–Kier alpha value is -3.22. The lowest BCUT2D eigenvalue weighted by Crippen LogP contribution is -2.22. The molecule has 6 nitrogen and oxygen atoms in total. The molecule has 0 saturated carbocycles. The van der Waals surface area contributed by atoms with Crippen LogP contribution in [-0.2, 0) is 13.5 Å². The molecule has 1 aromatic carbocycles. The summed E-state index contributed by atoms with van der Waals surface area (Å²) in [5.41, 5.74) is 1.79. The van der Waals surface area contributed by atoms with Gasteiger partial charge in [-0.25, -0.2) is 14.4 Å². The van der Waals surface area contributed by atoms with Gasteiger partial charge in [-0.05, 0) is 18.6 Å². The summed E-state index contributed by atoms with van der Waals surface area (Å²) in [5.74, 6) is 1.66. The number of hydrogen-bond donors (Lipinski definition) is 0. The minimum atomic E-state index is -0.280. The van der Waals surface area contributed by atoms with Gasteiger partial charge in [0.05, 0.1) is 11.9 Å². The summed E-state index contributed by atoms with van der Waals surface area (Å²) in [6.45, 7) is 0.822. The smallest absolute Gasteiger partial charge is 0.157 e. The van der Waals surface area contributed by atoms with Crippen LogP contribution in [0.1, 0.15) is 12.2 Å². The Morgan fingerprint density at radius 3 is 2.78 bits per heavy atom. The lowest BCUT2D eigenvalue weighted by atomic mass is 10.1. The van der Waals surface area contributed by atoms with Crippen molar-refractivity contribution in [1.29, 1.82) is 0 Å². The highest BCUT2D eigenvalue weighted by molar-refractivity contribution is 5.67. The Bertz CT molecular complexity index is 1070. The molecule has 0 amide bonds. The van der Waals surface area contributed by atoms with Crippen molar-refractivity contribution < 1.29 is 4.39 Å². The van der Waals surface area contributed by atoms with E-state index in [1.807, 2.05) is 49.3 Å². The molecule has 0 spiro atoms. The van der Waals surface area contributed by atoms with E-state index in [1.165, 1.54) is 6.07 Å². The fourth-order valence-corrected chi connectivity index (χ4v) is 3.20. The van der Waals surface area contributed by atoms with E-state index >= 15 is 0 Å². The molecule has 0 aliphatic heterocycles. The highest BCUT2D eigenvalue weighted by Gasteiger charge is 2.14. The predicted octanol–water partition coefficient (Wildman–Crippen LogP) is 3.34. The summed E-state index contributed by atoms with van der Waals surface area (Å²) < 4.78 is 18.1. The summed E-state index contributed by atoms with van der Waals surface area (Å²) in [6.07, 6.45) is 7.31. The van der Waals surface area contributed by atoms with E-state index in [1.54, 1.807) is 22.8 Å². The molecule has 4 aromatic rings. The van der Waals surface area contributed by atoms with Crippen LogP contribution in [0.5, 0.6) is 0 Å². The first-order valence-electron chi connectivity index (χ1n) is 8.90. The molecule has 0 unspecified atom stereocenters. The quantitative estimate of drug-likeness (QED) is 0.527. The second-order valence-electron chi connectivity index (χ2n) is 6.56. The minimum Gasteiger partial charge on any atom is -0.359 e. The third kappa shape index (κ3) is 3.40. The van der Waals surface area contributed by atoms with E-state index in [0.717, 1.165) is 31.0 Å². The van der Waals surface area contributed by atoms with Crippen molar-refractivity contribution in [2.24, 2.45) is 7.05 Å². The first-order chi connectivity index (χ1) is 13.1. The van der Waals surface area contributed by atoms with Gasteiger partial charge in [0.1, 0.15) is 17.5 Å². The van der Waals surface area contributed by atoms with Crippen LogP contribution in [0.15, 0.2) is 55.0 Å². The summed E-state index contributed by atoms with van der Waals surface area (Å²) in [5, 5.41) is 4.37. The maximum absolute atomic E-state index is 14.2. The third-order valence-corrected chi connectivity index (χ3v) is 4.70. The first kappa shape index (κ1) is 17.2. The fraction of sp³-hybridized carbons (Fsp3) is 0.250. The van der Waals surface area contributed by atoms with Crippen LogP contribution in [0, 0.1) is 5.82 Å². The van der Waals surface area contributed by atoms with Gasteiger partial charge in [-0.15, -0.1) is 0 Å². The van der Waals surface area contributed by atoms with Gasteiger partial charge < -0.3 is 9.47 Å². The van der Waals surface area contributed by atoms with Crippen LogP contribution in [-0.4, -0.2) is 37.7 Å². The van der Waals surface area contributed by atoms with Gasteiger partial charge in [-0.3, -0.25) is 0 Å². The molecule has 0 radical (unpaired) electrons. The highest BCUT2D eigenvalue weighted by atomic mass is 19.1. The molecule has 0 N–H and O–H groups in total. The normalized spacial score (nSPS) is 11.2. The van der Waals surface area contributed by atoms with Gasteiger partial charge in [0.2, 0.25) is 0 Å². The Morgan fingerprint density at radius 1 is 1.15 bits per heavy atom. The van der Waals surface area contributed by atoms with Crippen LogP contribution >= 0.6 is 0 Å². The zero-order valence-corrected chi connectivity index (χ0v) is 15.4. The van der Waals surface area contributed by atoms with Crippen molar-refractivity contribution in [3.8, 4) is 11.3 Å². The predicted molar refractivity (Wildman–Crippen MR) is 103 cm³/mol. The van der Waals surface area contributed by atoms with Crippen molar-refractivity contribution in [3.63, 3.8) is 0 Å². The summed E-state index contributed by atoms with van der Waals surface area (Å²) in [4.78, 5) is 11.0. The average molecular weight is 364 g/mol. The van der Waals surface area contributed by atoms with Crippen LogP contribution in [0.25, 0.3) is 16.9 Å². The van der Waals surface area contributed by atoms with E-state index in [4.69, 9.17) is 0 Å². The number of rotatable bonds is 6. The molecular weight excluding hydrogens is 343 g/mol. The lowest BCUT2D eigenvalue weighted by molar-refractivity contribution is 0.630. The Balaban J connectivity index is 1.61. The Morgan fingerprint density at radius 2 is 2.00 bits per heavy atom. The molecule has 0 saturated heterocycles. The van der Waals surface area contributed by atoms with Crippen LogP contribution in [0.2, 0.25) is 0 Å². The molecule has 4 rings (SSSR count). The molecule has 138 valence electrons. The molecule has 7 heteroatoms. The molecule has 3 aromatic heterocycles. The molecule has 27 heavy (non-hydrogen) atoms. The number of aromatic nitrogens is 5. The molecule has 0 aliphatic rings. The Labute approximate surface area is 156 Å². The summed E-state index contributed by atoms with van der Waals surface area (Å²) in [6, 6.07) is 10.4. The van der Waals surface area contributed by atoms with Crippen LogP contribution in [0.3, 0.4) is 0 Å². The van der Waals surface area contributed by atoms with Gasteiger partial charge >= 0.3 is 0 Å². The van der Waals surface area contributed by atoms with Crippen molar-refractivity contribution in [3.05, 3.63) is 66.6 Å². The summed E-state index contributed by atoms with van der Waals surface area (Å²) >= 11 is 0. The third-order valence-electron chi connectivity index (χ3n) is 4.70. The molecule has 0 fully saturated rings. The van der Waals surface area contributed by atoms with E-state index < -0.39 is 0 Å². The zero-order valence-electron chi connectivity index (χ0n) is 15.4. The monoisotopic (exact) mass is 364 g/mol. The first-order valence-corrected chi connectivity index (χ1v) is 8.90. The second kappa shape index (κ2) is 7.19. The van der Waals surface area contributed by atoms with E-state index in [0.29, 0.717) is 16.9 Å². The van der Waals surface area contributed by atoms with Gasteiger partial charge in [-0.2, -0.15) is 9.61 Å². The van der Waals surface area contributed by atoms with E-state index in [-0.39, 0.29) is 5.82 Å². The molecular formula is C20H21FN6. The maximum Gasteiger partial charge on any atom is 0.157 e. The van der Waals surface area contributed by atoms with E-state index in [9.17, 15) is 4.39 Å². The standard InChI is InChI=1S/C20H21FN6/c1-25-13-11-22-18(25)8-5-12-26(2)20-14-17(15-6-3-4-7-16(15)21)24-19-9-10-23-27(19)20/h3-4,6-7,9-11,13-14H,5,8,12H2,1-2H3. The van der Waals surface area contributed by atoms with Crippen LogP contribution in [0.4, 0.5) is 10.2 Å². The molecule has 0 aliphatic carbocycles.